The van der Waals surface area contributed by atoms with Gasteiger partial charge in [-0.2, -0.15) is 0 Å². The molecule has 0 atom stereocenters. The minimum absolute atomic E-state index is 0.232. The number of para-hydroxylation sites is 1. The van der Waals surface area contributed by atoms with Gasteiger partial charge in [0.05, 0.1) is 0 Å². The summed E-state index contributed by atoms with van der Waals surface area (Å²) < 4.78 is 18.5. The third-order valence-electron chi connectivity index (χ3n) is 2.34. The largest absolute Gasteiger partial charge is 0.456 e. The smallest absolute Gasteiger partial charge is 0.135 e. The second kappa shape index (κ2) is 2.58. The van der Waals surface area contributed by atoms with Crippen molar-refractivity contribution in [1.82, 2.24) is 0 Å². The van der Waals surface area contributed by atoms with E-state index in [2.05, 4.69) is 0 Å². The van der Waals surface area contributed by atoms with Gasteiger partial charge in [0.25, 0.3) is 0 Å². The first-order valence-electron chi connectivity index (χ1n) is 4.41. The number of halogens is 1. The maximum atomic E-state index is 13.0. The normalized spacial score (nSPS) is 11.2. The maximum Gasteiger partial charge on any atom is 0.135 e. The van der Waals surface area contributed by atoms with Gasteiger partial charge in [-0.15, -0.1) is 0 Å². The van der Waals surface area contributed by atoms with Crippen molar-refractivity contribution >= 4 is 21.9 Å². The molecule has 0 unspecified atom stereocenters. The fraction of sp³-hybridized carbons (Fsp3) is 0. The van der Waals surface area contributed by atoms with E-state index in [4.69, 9.17) is 4.42 Å². The van der Waals surface area contributed by atoms with Crippen LogP contribution in [0.25, 0.3) is 21.9 Å². The summed E-state index contributed by atoms with van der Waals surface area (Å²) in [5, 5.41) is 1.79. The summed E-state index contributed by atoms with van der Waals surface area (Å²) in [6.07, 6.45) is 0. The predicted molar refractivity (Wildman–Crippen MR) is 53.7 cm³/mol. The summed E-state index contributed by atoms with van der Waals surface area (Å²) >= 11 is 0. The summed E-state index contributed by atoms with van der Waals surface area (Å²) in [6, 6.07) is 12.2. The number of benzene rings is 2. The number of hydrogen-bond donors (Lipinski definition) is 0. The molecule has 0 saturated heterocycles. The highest BCUT2D eigenvalue weighted by Crippen LogP contribution is 2.28. The van der Waals surface area contributed by atoms with Gasteiger partial charge < -0.3 is 4.42 Å². The molecular formula is C12H7FO. The lowest BCUT2D eigenvalue weighted by atomic mass is 10.1. The Hall–Kier alpha value is -1.83. The van der Waals surface area contributed by atoms with Gasteiger partial charge in [0, 0.05) is 10.8 Å². The molecule has 0 radical (unpaired) electrons. The minimum Gasteiger partial charge on any atom is -0.456 e. The van der Waals surface area contributed by atoms with Gasteiger partial charge in [-0.1, -0.05) is 18.2 Å². The molecule has 68 valence electrons. The second-order valence-electron chi connectivity index (χ2n) is 3.24. The molecule has 0 aliphatic rings. The molecule has 3 aromatic rings. The first-order chi connectivity index (χ1) is 6.84. The van der Waals surface area contributed by atoms with E-state index < -0.39 is 0 Å². The summed E-state index contributed by atoms with van der Waals surface area (Å²) in [6.45, 7) is 0. The summed E-state index contributed by atoms with van der Waals surface area (Å²) in [5.74, 6) is -0.232. The zero-order valence-electron chi connectivity index (χ0n) is 7.33. The highest BCUT2D eigenvalue weighted by molar-refractivity contribution is 6.04. The zero-order valence-corrected chi connectivity index (χ0v) is 7.33. The highest BCUT2D eigenvalue weighted by Gasteiger charge is 2.05. The molecule has 0 saturated carbocycles. The minimum atomic E-state index is -0.232. The molecule has 2 heteroatoms. The fourth-order valence-corrected chi connectivity index (χ4v) is 1.70. The molecular weight excluding hydrogens is 179 g/mol. The lowest BCUT2D eigenvalue weighted by molar-refractivity contribution is 0.626. The summed E-state index contributed by atoms with van der Waals surface area (Å²) in [5.41, 5.74) is 1.53. The molecule has 2 aromatic carbocycles. The summed E-state index contributed by atoms with van der Waals surface area (Å²) in [4.78, 5) is 0. The van der Waals surface area contributed by atoms with Crippen LogP contribution in [0.3, 0.4) is 0 Å². The predicted octanol–water partition coefficient (Wildman–Crippen LogP) is 3.73. The third-order valence-corrected chi connectivity index (χ3v) is 2.34. The van der Waals surface area contributed by atoms with E-state index >= 15 is 0 Å². The van der Waals surface area contributed by atoms with Crippen LogP contribution in [0.15, 0.2) is 46.9 Å². The molecule has 0 spiro atoms. The molecule has 1 nitrogen and oxygen atoms in total. The van der Waals surface area contributed by atoms with Crippen molar-refractivity contribution in [3.63, 3.8) is 0 Å². The molecule has 0 bridgehead atoms. The van der Waals surface area contributed by atoms with Crippen LogP contribution in [0.2, 0.25) is 0 Å². The Morgan fingerprint density at radius 3 is 2.57 bits per heavy atom. The molecule has 14 heavy (non-hydrogen) atoms. The fourth-order valence-electron chi connectivity index (χ4n) is 1.70. The monoisotopic (exact) mass is 186 g/mol. The highest BCUT2D eigenvalue weighted by atomic mass is 19.1. The van der Waals surface area contributed by atoms with E-state index in [-0.39, 0.29) is 5.82 Å². The number of fused-ring (bicyclic) bond motifs is 3. The van der Waals surface area contributed by atoms with Crippen LogP contribution in [0.1, 0.15) is 0 Å². The van der Waals surface area contributed by atoms with Gasteiger partial charge in [0.15, 0.2) is 0 Å². The van der Waals surface area contributed by atoms with Crippen LogP contribution in [0.5, 0.6) is 0 Å². The Bertz CT molecular complexity index is 610. The van der Waals surface area contributed by atoms with E-state index in [1.165, 1.54) is 12.1 Å². The average Bonchev–Trinajstić information content (AvgIpc) is 2.56. The number of furan rings is 1. The van der Waals surface area contributed by atoms with Crippen molar-refractivity contribution in [1.29, 1.82) is 0 Å². The van der Waals surface area contributed by atoms with Crippen LogP contribution in [-0.4, -0.2) is 0 Å². The van der Waals surface area contributed by atoms with Crippen molar-refractivity contribution in [2.75, 3.05) is 0 Å². The SMILES string of the molecule is Fc1ccc2oc3ccccc3c2c1. The zero-order chi connectivity index (χ0) is 9.54. The van der Waals surface area contributed by atoms with Gasteiger partial charge in [-0.25, -0.2) is 4.39 Å². The van der Waals surface area contributed by atoms with Crippen molar-refractivity contribution < 1.29 is 8.81 Å². The van der Waals surface area contributed by atoms with Crippen molar-refractivity contribution in [3.05, 3.63) is 48.3 Å². The standard InChI is InChI=1S/C12H7FO/c13-8-5-6-12-10(7-8)9-3-1-2-4-11(9)14-12/h1-7H. The van der Waals surface area contributed by atoms with Crippen LogP contribution in [-0.2, 0) is 0 Å². The Morgan fingerprint density at radius 2 is 1.64 bits per heavy atom. The van der Waals surface area contributed by atoms with Gasteiger partial charge >= 0.3 is 0 Å². The number of rotatable bonds is 0. The molecule has 0 fully saturated rings. The van der Waals surface area contributed by atoms with E-state index in [1.807, 2.05) is 24.3 Å². The Kier molecular flexibility index (Phi) is 1.39. The lowest BCUT2D eigenvalue weighted by Crippen LogP contribution is -1.70. The number of hydrogen-bond acceptors (Lipinski definition) is 1. The first kappa shape index (κ1) is 7.56. The second-order valence-corrected chi connectivity index (χ2v) is 3.24. The Morgan fingerprint density at radius 1 is 0.857 bits per heavy atom. The van der Waals surface area contributed by atoms with Crippen molar-refractivity contribution in [2.24, 2.45) is 0 Å². The molecule has 3 rings (SSSR count). The van der Waals surface area contributed by atoms with Crippen LogP contribution in [0.4, 0.5) is 4.39 Å². The third kappa shape index (κ3) is 0.940. The molecule has 0 N–H and O–H groups in total. The van der Waals surface area contributed by atoms with Gasteiger partial charge in [-0.05, 0) is 24.3 Å². The molecule has 0 amide bonds. The van der Waals surface area contributed by atoms with Crippen molar-refractivity contribution in [2.45, 2.75) is 0 Å². The quantitative estimate of drug-likeness (QED) is 0.521. The molecule has 0 aliphatic heterocycles. The van der Waals surface area contributed by atoms with Crippen LogP contribution < -0.4 is 0 Å². The van der Waals surface area contributed by atoms with E-state index in [0.29, 0.717) is 0 Å². The van der Waals surface area contributed by atoms with E-state index in [9.17, 15) is 4.39 Å². The van der Waals surface area contributed by atoms with E-state index in [1.54, 1.807) is 6.07 Å². The summed E-state index contributed by atoms with van der Waals surface area (Å²) in [7, 11) is 0. The molecule has 0 aliphatic carbocycles. The van der Waals surface area contributed by atoms with Crippen LogP contribution >= 0.6 is 0 Å². The topological polar surface area (TPSA) is 13.1 Å². The maximum absolute atomic E-state index is 13.0. The Labute approximate surface area is 79.8 Å². The first-order valence-corrected chi connectivity index (χ1v) is 4.41. The molecule has 1 heterocycles. The van der Waals surface area contributed by atoms with Gasteiger partial charge in [-0.3, -0.25) is 0 Å². The van der Waals surface area contributed by atoms with Crippen LogP contribution in [0, 0.1) is 5.82 Å². The van der Waals surface area contributed by atoms with Crippen molar-refractivity contribution in [3.8, 4) is 0 Å². The molecule has 1 aromatic heterocycles. The van der Waals surface area contributed by atoms with Gasteiger partial charge in [0.1, 0.15) is 17.0 Å². The lowest BCUT2D eigenvalue weighted by Gasteiger charge is -1.88. The van der Waals surface area contributed by atoms with E-state index in [0.717, 1.165) is 21.9 Å². The average molecular weight is 186 g/mol. The van der Waals surface area contributed by atoms with Gasteiger partial charge in [0.2, 0.25) is 0 Å². The Balaban J connectivity index is 2.58.